The number of rotatable bonds is 5. The molecule has 1 aromatic rings. The van der Waals surface area contributed by atoms with Gasteiger partial charge in [0.05, 0.1) is 11.0 Å². The number of hydrogen-bond donors (Lipinski definition) is 0. The van der Waals surface area contributed by atoms with Gasteiger partial charge in [0.1, 0.15) is 11.4 Å². The molecule has 2 saturated heterocycles. The van der Waals surface area contributed by atoms with Crippen molar-refractivity contribution in [3.8, 4) is 0 Å². The minimum absolute atomic E-state index is 0.221. The zero-order valence-corrected chi connectivity index (χ0v) is 17.3. The number of nitrogens with zero attached hydrogens (tertiary/aromatic N) is 4. The van der Waals surface area contributed by atoms with E-state index in [1.54, 1.807) is 4.90 Å². The van der Waals surface area contributed by atoms with Crippen molar-refractivity contribution in [1.29, 1.82) is 0 Å². The summed E-state index contributed by atoms with van der Waals surface area (Å²) in [4.78, 5) is 28.6. The Balaban J connectivity index is 1.38. The van der Waals surface area contributed by atoms with Crippen LogP contribution in [-0.4, -0.2) is 83.2 Å². The number of benzene rings is 1. The normalized spacial score (nSPS) is 19.1. The maximum Gasteiger partial charge on any atom is 0.410 e. The van der Waals surface area contributed by atoms with E-state index < -0.39 is 16.3 Å². The molecule has 0 spiro atoms. The first-order chi connectivity index (χ1) is 13.6. The third-order valence-corrected chi connectivity index (χ3v) is 5.38. The Labute approximate surface area is 170 Å². The maximum absolute atomic E-state index is 14.0. The molecule has 0 unspecified atom stereocenters. The maximum atomic E-state index is 14.0. The fourth-order valence-electron chi connectivity index (χ4n) is 3.65. The van der Waals surface area contributed by atoms with Crippen molar-refractivity contribution in [2.24, 2.45) is 0 Å². The van der Waals surface area contributed by atoms with Crippen LogP contribution in [0.5, 0.6) is 0 Å². The first kappa shape index (κ1) is 21.4. The highest BCUT2D eigenvalue weighted by molar-refractivity contribution is 5.69. The van der Waals surface area contributed by atoms with E-state index in [0.29, 0.717) is 31.1 Å². The van der Waals surface area contributed by atoms with Gasteiger partial charge in [-0.15, -0.1) is 0 Å². The average Bonchev–Trinajstić information content (AvgIpc) is 2.59. The number of nitro benzene ring substituents is 1. The predicted molar refractivity (Wildman–Crippen MR) is 106 cm³/mol. The second-order valence-corrected chi connectivity index (χ2v) is 8.70. The lowest BCUT2D eigenvalue weighted by Gasteiger charge is -2.48. The van der Waals surface area contributed by atoms with Crippen molar-refractivity contribution < 1.29 is 18.8 Å². The number of non-ortho nitro benzene ring substituents is 1. The highest BCUT2D eigenvalue weighted by atomic mass is 19.1. The molecule has 9 heteroatoms. The van der Waals surface area contributed by atoms with Crippen LogP contribution in [0.3, 0.4) is 0 Å². The molecule has 2 fully saturated rings. The smallest absolute Gasteiger partial charge is 0.410 e. The van der Waals surface area contributed by atoms with E-state index in [4.69, 9.17) is 4.74 Å². The molecule has 0 aromatic heterocycles. The fraction of sp³-hybridized carbons (Fsp3) is 0.650. The van der Waals surface area contributed by atoms with Crippen LogP contribution in [0.4, 0.5) is 14.9 Å². The molecule has 1 amide bonds. The number of carbonyl (C=O) groups excluding carboxylic acids is 1. The minimum atomic E-state index is -0.587. The third kappa shape index (κ3) is 5.63. The lowest BCUT2D eigenvalue weighted by Crippen LogP contribution is -2.64. The summed E-state index contributed by atoms with van der Waals surface area (Å²) in [5.74, 6) is -0.519. The highest BCUT2D eigenvalue weighted by Gasteiger charge is 2.37. The SMILES string of the molecule is CC(C)(C)OC(=O)N1CC(N2CCN(CCc3ccc([N+](=O)[O-])cc3F)CC2)C1. The van der Waals surface area contributed by atoms with Gasteiger partial charge in [0.25, 0.3) is 5.69 Å². The van der Waals surface area contributed by atoms with Crippen LogP contribution in [0, 0.1) is 15.9 Å². The molecule has 0 atom stereocenters. The molecule has 8 nitrogen and oxygen atoms in total. The summed E-state index contributed by atoms with van der Waals surface area (Å²) in [6.07, 6.45) is 0.275. The number of piperazine rings is 1. The van der Waals surface area contributed by atoms with Gasteiger partial charge >= 0.3 is 6.09 Å². The van der Waals surface area contributed by atoms with Crippen LogP contribution in [0.2, 0.25) is 0 Å². The van der Waals surface area contributed by atoms with Crippen LogP contribution in [-0.2, 0) is 11.2 Å². The van der Waals surface area contributed by atoms with Gasteiger partial charge in [0.2, 0.25) is 0 Å². The molecule has 0 N–H and O–H groups in total. The molecular formula is C20H29FN4O4. The molecule has 1 aromatic carbocycles. The van der Waals surface area contributed by atoms with Crippen molar-refractivity contribution in [2.75, 3.05) is 45.8 Å². The van der Waals surface area contributed by atoms with Gasteiger partial charge in [-0.1, -0.05) is 0 Å². The number of carbonyl (C=O) groups is 1. The van der Waals surface area contributed by atoms with Crippen molar-refractivity contribution in [3.63, 3.8) is 0 Å². The Hall–Kier alpha value is -2.26. The molecule has 160 valence electrons. The molecule has 0 aliphatic carbocycles. The van der Waals surface area contributed by atoms with Crippen LogP contribution < -0.4 is 0 Å². The summed E-state index contributed by atoms with van der Waals surface area (Å²) >= 11 is 0. The monoisotopic (exact) mass is 408 g/mol. The summed E-state index contributed by atoms with van der Waals surface area (Å²) in [6, 6.07) is 4.21. The second kappa shape index (κ2) is 8.62. The standard InChI is InChI=1S/C20H29FN4O4/c1-20(2,3)29-19(26)24-13-17(14-24)23-10-8-22(9-11-23)7-6-15-4-5-16(25(27)28)12-18(15)21/h4-5,12,17H,6-11,13-14H2,1-3H3. The van der Waals surface area contributed by atoms with Gasteiger partial charge in [-0.25, -0.2) is 9.18 Å². The number of ether oxygens (including phenoxy) is 1. The highest BCUT2D eigenvalue weighted by Crippen LogP contribution is 2.21. The molecule has 3 rings (SSSR count). The van der Waals surface area contributed by atoms with Gasteiger partial charge in [-0.3, -0.25) is 15.0 Å². The first-order valence-corrected chi connectivity index (χ1v) is 9.99. The zero-order chi connectivity index (χ0) is 21.2. The van der Waals surface area contributed by atoms with Crippen LogP contribution >= 0.6 is 0 Å². The van der Waals surface area contributed by atoms with Gasteiger partial charge < -0.3 is 14.5 Å². The van der Waals surface area contributed by atoms with E-state index in [-0.39, 0.29) is 11.8 Å². The van der Waals surface area contributed by atoms with Crippen molar-refractivity contribution in [1.82, 2.24) is 14.7 Å². The molecule has 29 heavy (non-hydrogen) atoms. The van der Waals surface area contributed by atoms with Gasteiger partial charge in [-0.05, 0) is 38.8 Å². The number of hydrogen-bond acceptors (Lipinski definition) is 6. The van der Waals surface area contributed by atoms with Crippen LogP contribution in [0.1, 0.15) is 26.3 Å². The van der Waals surface area contributed by atoms with E-state index in [0.717, 1.165) is 38.8 Å². The lowest BCUT2D eigenvalue weighted by molar-refractivity contribution is -0.385. The Morgan fingerprint density at radius 3 is 2.45 bits per heavy atom. The van der Waals surface area contributed by atoms with E-state index in [1.807, 2.05) is 20.8 Å². The Bertz CT molecular complexity index is 753. The molecule has 0 bridgehead atoms. The largest absolute Gasteiger partial charge is 0.444 e. The predicted octanol–water partition coefficient (Wildman–Crippen LogP) is 2.51. The Morgan fingerprint density at radius 1 is 1.24 bits per heavy atom. The minimum Gasteiger partial charge on any atom is -0.444 e. The molecule has 2 heterocycles. The van der Waals surface area contributed by atoms with Gasteiger partial charge in [0.15, 0.2) is 0 Å². The van der Waals surface area contributed by atoms with Crippen LogP contribution in [0.15, 0.2) is 18.2 Å². The Morgan fingerprint density at radius 2 is 1.90 bits per heavy atom. The summed E-state index contributed by atoms with van der Waals surface area (Å²) in [5, 5.41) is 10.7. The van der Waals surface area contributed by atoms with E-state index in [1.165, 1.54) is 12.1 Å². The van der Waals surface area contributed by atoms with Gasteiger partial charge in [-0.2, -0.15) is 0 Å². The molecule has 0 radical (unpaired) electrons. The quantitative estimate of drug-likeness (QED) is 0.550. The summed E-state index contributed by atoms with van der Waals surface area (Å²) in [6.45, 7) is 11.3. The molecule has 0 saturated carbocycles. The van der Waals surface area contributed by atoms with Crippen molar-refractivity contribution in [3.05, 3.63) is 39.7 Å². The summed E-state index contributed by atoms with van der Waals surface area (Å²) in [5.41, 5.74) is -0.192. The number of likely N-dealkylation sites (tertiary alicyclic amines) is 1. The average molecular weight is 408 g/mol. The fourth-order valence-corrected chi connectivity index (χ4v) is 3.65. The van der Waals surface area contributed by atoms with Gasteiger partial charge in [0, 0.05) is 57.9 Å². The summed E-state index contributed by atoms with van der Waals surface area (Å²) in [7, 11) is 0. The molecule has 2 aliphatic heterocycles. The number of amides is 1. The number of halogens is 1. The summed E-state index contributed by atoms with van der Waals surface area (Å²) < 4.78 is 19.4. The van der Waals surface area contributed by atoms with E-state index >= 15 is 0 Å². The number of nitro groups is 1. The first-order valence-electron chi connectivity index (χ1n) is 9.99. The third-order valence-electron chi connectivity index (χ3n) is 5.38. The second-order valence-electron chi connectivity index (χ2n) is 8.70. The molecular weight excluding hydrogens is 379 g/mol. The van der Waals surface area contributed by atoms with Crippen LogP contribution in [0.25, 0.3) is 0 Å². The molecule has 2 aliphatic rings. The van der Waals surface area contributed by atoms with E-state index in [2.05, 4.69) is 9.80 Å². The zero-order valence-electron chi connectivity index (χ0n) is 17.3. The van der Waals surface area contributed by atoms with E-state index in [9.17, 15) is 19.3 Å². The van der Waals surface area contributed by atoms with Crippen molar-refractivity contribution in [2.45, 2.75) is 38.8 Å². The Kier molecular flexibility index (Phi) is 6.38. The van der Waals surface area contributed by atoms with Crippen molar-refractivity contribution >= 4 is 11.8 Å². The lowest BCUT2D eigenvalue weighted by atomic mass is 10.1. The topological polar surface area (TPSA) is 79.2 Å².